The van der Waals surface area contributed by atoms with Crippen molar-refractivity contribution >= 4 is 11.9 Å². The minimum Gasteiger partial charge on any atom is -0.393 e. The third-order valence-corrected chi connectivity index (χ3v) is 3.15. The van der Waals surface area contributed by atoms with E-state index in [1.54, 1.807) is 0 Å². The predicted molar refractivity (Wildman–Crippen MR) is 45.8 cm³/mol. The van der Waals surface area contributed by atoms with Crippen LogP contribution < -0.4 is 0 Å². The van der Waals surface area contributed by atoms with Crippen molar-refractivity contribution in [3.63, 3.8) is 0 Å². The second-order valence-electron chi connectivity index (χ2n) is 3.98. The highest BCUT2D eigenvalue weighted by Crippen LogP contribution is 2.36. The molecule has 1 aliphatic heterocycles. The van der Waals surface area contributed by atoms with Crippen LogP contribution in [0.3, 0.4) is 0 Å². The summed E-state index contributed by atoms with van der Waals surface area (Å²) in [5.74, 6) is -0.122. The number of carbonyl (C=O) groups excluding carboxylic acids is 2. The Balaban J connectivity index is 1.98. The van der Waals surface area contributed by atoms with Crippen LogP contribution in [0.15, 0.2) is 0 Å². The largest absolute Gasteiger partial charge is 0.393 e. The van der Waals surface area contributed by atoms with Crippen LogP contribution in [-0.4, -0.2) is 11.9 Å². The van der Waals surface area contributed by atoms with Crippen molar-refractivity contribution < 1.29 is 14.3 Å². The van der Waals surface area contributed by atoms with Gasteiger partial charge in [-0.1, -0.05) is 12.8 Å². The summed E-state index contributed by atoms with van der Waals surface area (Å²) >= 11 is 0. The van der Waals surface area contributed by atoms with Crippen LogP contribution in [0.1, 0.15) is 38.5 Å². The molecule has 3 heteroatoms. The second-order valence-corrected chi connectivity index (χ2v) is 3.98. The van der Waals surface area contributed by atoms with Crippen molar-refractivity contribution in [3.8, 4) is 0 Å². The van der Waals surface area contributed by atoms with Crippen LogP contribution in [0.2, 0.25) is 0 Å². The third-order valence-electron chi connectivity index (χ3n) is 3.15. The lowest BCUT2D eigenvalue weighted by Gasteiger charge is -2.24. The lowest BCUT2D eigenvalue weighted by atomic mass is 9.86. The van der Waals surface area contributed by atoms with E-state index in [1.807, 2.05) is 0 Å². The molecule has 0 aromatic rings. The molecule has 2 fully saturated rings. The zero-order valence-corrected chi connectivity index (χ0v) is 7.62. The van der Waals surface area contributed by atoms with Crippen LogP contribution >= 0.6 is 0 Å². The minimum atomic E-state index is -0.348. The van der Waals surface area contributed by atoms with E-state index in [0.717, 1.165) is 12.8 Å². The summed E-state index contributed by atoms with van der Waals surface area (Å²) in [6.07, 6.45) is 5.85. The van der Waals surface area contributed by atoms with Gasteiger partial charge >= 0.3 is 11.9 Å². The normalized spacial score (nSPS) is 30.6. The van der Waals surface area contributed by atoms with Crippen LogP contribution in [0.4, 0.5) is 0 Å². The van der Waals surface area contributed by atoms with Gasteiger partial charge in [0.1, 0.15) is 0 Å². The van der Waals surface area contributed by atoms with E-state index in [9.17, 15) is 9.59 Å². The molecule has 2 aliphatic rings. The highest BCUT2D eigenvalue weighted by Gasteiger charge is 2.36. The molecule has 0 amide bonds. The first kappa shape index (κ1) is 8.73. The summed E-state index contributed by atoms with van der Waals surface area (Å²) in [5, 5.41) is 0. The molecule has 0 bridgehead atoms. The molecular weight excluding hydrogens is 168 g/mol. The Morgan fingerprint density at radius 2 is 1.77 bits per heavy atom. The minimum absolute atomic E-state index is 0.0141. The highest BCUT2D eigenvalue weighted by molar-refractivity contribution is 5.89. The Hall–Kier alpha value is -0.860. The van der Waals surface area contributed by atoms with E-state index in [2.05, 4.69) is 4.74 Å². The monoisotopic (exact) mass is 182 g/mol. The number of esters is 2. The maximum Gasteiger partial charge on any atom is 0.316 e. The van der Waals surface area contributed by atoms with Crippen LogP contribution in [-0.2, 0) is 14.3 Å². The van der Waals surface area contributed by atoms with Crippen molar-refractivity contribution in [1.82, 2.24) is 0 Å². The molecule has 72 valence electrons. The zero-order chi connectivity index (χ0) is 9.26. The molecule has 0 aromatic heterocycles. The quantitative estimate of drug-likeness (QED) is 0.457. The predicted octanol–water partition coefficient (Wildman–Crippen LogP) is 1.66. The summed E-state index contributed by atoms with van der Waals surface area (Å²) in [6, 6.07) is 0. The molecule has 1 saturated carbocycles. The van der Waals surface area contributed by atoms with E-state index in [-0.39, 0.29) is 17.9 Å². The standard InChI is InChI=1S/C10H14O3/c11-9-6-5-8(10(12)13-9)7-3-1-2-4-7/h7-8H,1-6H2. The fourth-order valence-electron chi connectivity index (χ4n) is 2.42. The van der Waals surface area contributed by atoms with Crippen molar-refractivity contribution in [3.05, 3.63) is 0 Å². The van der Waals surface area contributed by atoms with Gasteiger partial charge in [0.2, 0.25) is 0 Å². The fourth-order valence-corrected chi connectivity index (χ4v) is 2.42. The third kappa shape index (κ3) is 1.74. The van der Waals surface area contributed by atoms with E-state index < -0.39 is 0 Å². The Morgan fingerprint density at radius 1 is 1.08 bits per heavy atom. The lowest BCUT2D eigenvalue weighted by molar-refractivity contribution is -0.169. The molecular formula is C10H14O3. The van der Waals surface area contributed by atoms with Gasteiger partial charge in [-0.05, 0) is 25.2 Å². The number of ether oxygens (including phenoxy) is 1. The van der Waals surface area contributed by atoms with Crippen molar-refractivity contribution in [1.29, 1.82) is 0 Å². The van der Waals surface area contributed by atoms with Gasteiger partial charge in [-0.2, -0.15) is 0 Å². The Kier molecular flexibility index (Phi) is 2.34. The molecule has 0 spiro atoms. The average Bonchev–Trinajstić information content (AvgIpc) is 2.56. The molecule has 1 unspecified atom stereocenters. The van der Waals surface area contributed by atoms with Gasteiger partial charge in [0.25, 0.3) is 0 Å². The van der Waals surface area contributed by atoms with Crippen LogP contribution in [0, 0.1) is 11.8 Å². The van der Waals surface area contributed by atoms with Crippen molar-refractivity contribution in [2.75, 3.05) is 0 Å². The molecule has 1 saturated heterocycles. The fraction of sp³-hybridized carbons (Fsp3) is 0.800. The molecule has 2 rings (SSSR count). The van der Waals surface area contributed by atoms with Crippen LogP contribution in [0.5, 0.6) is 0 Å². The molecule has 1 atom stereocenters. The lowest BCUT2D eigenvalue weighted by Crippen LogP contribution is -2.31. The van der Waals surface area contributed by atoms with E-state index in [1.165, 1.54) is 12.8 Å². The molecule has 1 aliphatic carbocycles. The summed E-state index contributed by atoms with van der Waals surface area (Å²) in [7, 11) is 0. The van der Waals surface area contributed by atoms with Gasteiger partial charge in [0.05, 0.1) is 5.92 Å². The molecule has 0 N–H and O–H groups in total. The Morgan fingerprint density at radius 3 is 2.38 bits per heavy atom. The zero-order valence-electron chi connectivity index (χ0n) is 7.62. The molecule has 13 heavy (non-hydrogen) atoms. The van der Waals surface area contributed by atoms with Gasteiger partial charge in [-0.3, -0.25) is 9.59 Å². The number of hydrogen-bond acceptors (Lipinski definition) is 3. The molecule has 1 heterocycles. The van der Waals surface area contributed by atoms with Gasteiger partial charge in [-0.15, -0.1) is 0 Å². The summed E-state index contributed by atoms with van der Waals surface area (Å²) < 4.78 is 4.63. The second kappa shape index (κ2) is 3.48. The van der Waals surface area contributed by atoms with Crippen LogP contribution in [0.25, 0.3) is 0 Å². The summed E-state index contributed by atoms with van der Waals surface area (Å²) in [5.41, 5.74) is 0. The first-order valence-electron chi connectivity index (χ1n) is 5.02. The number of carbonyl (C=O) groups is 2. The van der Waals surface area contributed by atoms with E-state index >= 15 is 0 Å². The Bertz CT molecular complexity index is 228. The maximum absolute atomic E-state index is 11.3. The number of cyclic esters (lactones) is 2. The first-order chi connectivity index (χ1) is 6.27. The maximum atomic E-state index is 11.3. The van der Waals surface area contributed by atoms with E-state index in [4.69, 9.17) is 0 Å². The SMILES string of the molecule is O=C1CCC(C2CCCC2)C(=O)O1. The van der Waals surface area contributed by atoms with Gasteiger partial charge in [-0.25, -0.2) is 0 Å². The number of hydrogen-bond donors (Lipinski definition) is 0. The average molecular weight is 182 g/mol. The molecule has 3 nitrogen and oxygen atoms in total. The molecule has 0 radical (unpaired) electrons. The van der Waals surface area contributed by atoms with Crippen molar-refractivity contribution in [2.45, 2.75) is 38.5 Å². The van der Waals surface area contributed by atoms with Gasteiger partial charge < -0.3 is 4.74 Å². The van der Waals surface area contributed by atoms with E-state index in [0.29, 0.717) is 18.8 Å². The highest BCUT2D eigenvalue weighted by atomic mass is 16.6. The Labute approximate surface area is 77.4 Å². The first-order valence-corrected chi connectivity index (χ1v) is 5.02. The smallest absolute Gasteiger partial charge is 0.316 e. The summed E-state index contributed by atoms with van der Waals surface area (Å²) in [4.78, 5) is 22.1. The molecule has 0 aromatic carbocycles. The van der Waals surface area contributed by atoms with Gasteiger partial charge in [0.15, 0.2) is 0 Å². The summed E-state index contributed by atoms with van der Waals surface area (Å²) in [6.45, 7) is 0. The van der Waals surface area contributed by atoms with Crippen molar-refractivity contribution in [2.24, 2.45) is 11.8 Å². The number of rotatable bonds is 1. The van der Waals surface area contributed by atoms with Gasteiger partial charge in [0, 0.05) is 6.42 Å². The topological polar surface area (TPSA) is 43.4 Å².